The van der Waals surface area contributed by atoms with Crippen LogP contribution in [0.25, 0.3) is 10.9 Å². The monoisotopic (exact) mass is 390 g/mol. The second-order valence-corrected chi connectivity index (χ2v) is 7.36. The molecule has 29 heavy (non-hydrogen) atoms. The molecule has 2 aliphatic heterocycles. The number of amides is 1. The average Bonchev–Trinajstić information content (AvgIpc) is 3.21. The lowest BCUT2D eigenvalue weighted by atomic mass is 10.1. The predicted molar refractivity (Wildman–Crippen MR) is 110 cm³/mol. The molecule has 7 nitrogen and oxygen atoms in total. The average molecular weight is 390 g/mol. The second-order valence-electron chi connectivity index (χ2n) is 7.36. The molecular weight excluding hydrogens is 368 g/mol. The van der Waals surface area contributed by atoms with Crippen molar-refractivity contribution in [3.05, 3.63) is 59.7 Å². The first-order chi connectivity index (χ1) is 14.2. The first-order valence-electron chi connectivity index (χ1n) is 9.73. The summed E-state index contributed by atoms with van der Waals surface area (Å²) in [5.74, 6) is 2.01. The largest absolute Gasteiger partial charge is 0.454 e. The number of primary amides is 1. The molecule has 2 N–H and O–H groups in total. The fourth-order valence-corrected chi connectivity index (χ4v) is 3.96. The molecule has 3 aromatic rings. The Balaban J connectivity index is 1.30. The van der Waals surface area contributed by atoms with Crippen LogP contribution in [0.1, 0.15) is 15.9 Å². The molecule has 7 heteroatoms. The lowest BCUT2D eigenvalue weighted by Crippen LogP contribution is -2.46. The van der Waals surface area contributed by atoms with Crippen molar-refractivity contribution in [1.29, 1.82) is 0 Å². The molecule has 1 amide bonds. The molecule has 3 heterocycles. The van der Waals surface area contributed by atoms with E-state index in [0.717, 1.165) is 60.9 Å². The maximum atomic E-state index is 11.9. The number of nitrogens with zero attached hydrogens (tertiary/aromatic N) is 3. The Kier molecular flexibility index (Phi) is 4.44. The smallest absolute Gasteiger partial charge is 0.249 e. The van der Waals surface area contributed by atoms with E-state index in [4.69, 9.17) is 20.2 Å². The van der Waals surface area contributed by atoms with Crippen molar-refractivity contribution in [2.24, 2.45) is 5.73 Å². The molecule has 5 rings (SSSR count). The van der Waals surface area contributed by atoms with Crippen LogP contribution in [0.5, 0.6) is 11.5 Å². The summed E-state index contributed by atoms with van der Waals surface area (Å²) in [7, 11) is 0. The zero-order valence-electron chi connectivity index (χ0n) is 16.0. The molecule has 0 atom stereocenters. The second kappa shape index (κ2) is 7.25. The van der Waals surface area contributed by atoms with Gasteiger partial charge in [-0.1, -0.05) is 24.3 Å². The number of para-hydroxylation sites is 1. The molecule has 0 saturated carbocycles. The Hall–Kier alpha value is -3.32. The number of pyridine rings is 1. The molecule has 0 aliphatic carbocycles. The number of ether oxygens (including phenoxy) is 2. The number of carbonyl (C=O) groups is 1. The standard InChI is InChI=1S/C22H22N4O3/c23-22(27)17-12-21(24-18-4-2-1-3-16(17)18)26-9-7-25(8-10-26)13-15-5-6-19-20(11-15)29-14-28-19/h1-6,11-12H,7-10,13-14H2,(H2,23,27). The van der Waals surface area contributed by atoms with E-state index in [1.165, 1.54) is 5.56 Å². The number of nitrogens with two attached hydrogens (primary N) is 1. The van der Waals surface area contributed by atoms with Gasteiger partial charge >= 0.3 is 0 Å². The number of aromatic nitrogens is 1. The highest BCUT2D eigenvalue weighted by molar-refractivity contribution is 6.06. The van der Waals surface area contributed by atoms with Crippen molar-refractivity contribution in [2.45, 2.75) is 6.54 Å². The Morgan fingerprint density at radius 3 is 2.62 bits per heavy atom. The summed E-state index contributed by atoms with van der Waals surface area (Å²) in [6.07, 6.45) is 0. The van der Waals surface area contributed by atoms with Crippen LogP contribution in [-0.4, -0.2) is 48.8 Å². The van der Waals surface area contributed by atoms with Crippen molar-refractivity contribution in [2.75, 3.05) is 37.9 Å². The zero-order chi connectivity index (χ0) is 19.8. The minimum absolute atomic E-state index is 0.295. The summed E-state index contributed by atoms with van der Waals surface area (Å²) in [5, 5.41) is 0.796. The summed E-state index contributed by atoms with van der Waals surface area (Å²) in [5.41, 5.74) is 8.14. The topological polar surface area (TPSA) is 80.9 Å². The summed E-state index contributed by atoms with van der Waals surface area (Å²) in [6.45, 7) is 4.66. The molecule has 0 bridgehead atoms. The molecule has 0 radical (unpaired) electrons. The first kappa shape index (κ1) is 17.8. The van der Waals surface area contributed by atoms with Crippen LogP contribution in [0, 0.1) is 0 Å². The van der Waals surface area contributed by atoms with Crippen LogP contribution >= 0.6 is 0 Å². The van der Waals surface area contributed by atoms with Gasteiger partial charge in [-0.15, -0.1) is 0 Å². The van der Waals surface area contributed by atoms with E-state index >= 15 is 0 Å². The molecule has 0 unspecified atom stereocenters. The lowest BCUT2D eigenvalue weighted by molar-refractivity contribution is 0.100. The third-order valence-electron chi connectivity index (χ3n) is 5.51. The summed E-state index contributed by atoms with van der Waals surface area (Å²) in [6, 6.07) is 15.5. The number of rotatable bonds is 4. The normalized spacial score (nSPS) is 16.3. The third kappa shape index (κ3) is 3.45. The Labute approximate surface area is 168 Å². The molecule has 2 aromatic carbocycles. The van der Waals surface area contributed by atoms with Gasteiger partial charge < -0.3 is 20.1 Å². The Morgan fingerprint density at radius 1 is 1.00 bits per heavy atom. The molecule has 2 aliphatic rings. The van der Waals surface area contributed by atoms with Gasteiger partial charge in [0, 0.05) is 38.1 Å². The van der Waals surface area contributed by atoms with Crippen LogP contribution in [0.15, 0.2) is 48.5 Å². The van der Waals surface area contributed by atoms with Crippen LogP contribution < -0.4 is 20.1 Å². The number of anilines is 1. The Morgan fingerprint density at radius 2 is 1.79 bits per heavy atom. The molecule has 0 spiro atoms. The molecule has 1 saturated heterocycles. The van der Waals surface area contributed by atoms with E-state index in [9.17, 15) is 4.79 Å². The van der Waals surface area contributed by atoms with E-state index in [1.54, 1.807) is 0 Å². The van der Waals surface area contributed by atoms with Crippen molar-refractivity contribution in [3.63, 3.8) is 0 Å². The van der Waals surface area contributed by atoms with E-state index in [0.29, 0.717) is 12.4 Å². The molecular formula is C22H22N4O3. The molecule has 1 aromatic heterocycles. The Bertz CT molecular complexity index is 1080. The SMILES string of the molecule is NC(=O)c1cc(N2CCN(Cc3ccc4c(c3)OCO4)CC2)nc2ccccc12. The van der Waals surface area contributed by atoms with Gasteiger partial charge in [-0.3, -0.25) is 9.69 Å². The van der Waals surface area contributed by atoms with E-state index in [2.05, 4.69) is 21.9 Å². The van der Waals surface area contributed by atoms with Crippen LogP contribution in [-0.2, 0) is 6.54 Å². The fourth-order valence-electron chi connectivity index (χ4n) is 3.96. The molecule has 1 fully saturated rings. The minimum atomic E-state index is -0.425. The highest BCUT2D eigenvalue weighted by Crippen LogP contribution is 2.33. The summed E-state index contributed by atoms with van der Waals surface area (Å²) in [4.78, 5) is 21.3. The van der Waals surface area contributed by atoms with Gasteiger partial charge in [-0.25, -0.2) is 4.98 Å². The zero-order valence-corrected chi connectivity index (χ0v) is 16.0. The van der Waals surface area contributed by atoms with E-state index in [1.807, 2.05) is 36.4 Å². The number of hydrogen-bond acceptors (Lipinski definition) is 6. The van der Waals surface area contributed by atoms with Crippen molar-refractivity contribution in [3.8, 4) is 11.5 Å². The summed E-state index contributed by atoms with van der Waals surface area (Å²) < 4.78 is 10.9. The lowest BCUT2D eigenvalue weighted by Gasteiger charge is -2.35. The number of carbonyl (C=O) groups excluding carboxylic acids is 1. The van der Waals surface area contributed by atoms with Gasteiger partial charge in [-0.05, 0) is 29.8 Å². The maximum Gasteiger partial charge on any atom is 0.249 e. The maximum absolute atomic E-state index is 11.9. The highest BCUT2D eigenvalue weighted by atomic mass is 16.7. The van der Waals surface area contributed by atoms with Gasteiger partial charge in [0.2, 0.25) is 12.7 Å². The van der Waals surface area contributed by atoms with Crippen LogP contribution in [0.4, 0.5) is 5.82 Å². The van der Waals surface area contributed by atoms with Gasteiger partial charge in [-0.2, -0.15) is 0 Å². The van der Waals surface area contributed by atoms with Gasteiger partial charge in [0.05, 0.1) is 11.1 Å². The predicted octanol–water partition coefficient (Wildman–Crippen LogP) is 2.38. The quantitative estimate of drug-likeness (QED) is 0.737. The third-order valence-corrected chi connectivity index (χ3v) is 5.51. The number of hydrogen-bond donors (Lipinski definition) is 1. The van der Waals surface area contributed by atoms with Gasteiger partial charge in [0.1, 0.15) is 5.82 Å². The van der Waals surface area contributed by atoms with Crippen LogP contribution in [0.3, 0.4) is 0 Å². The van der Waals surface area contributed by atoms with E-state index in [-0.39, 0.29) is 0 Å². The number of fused-ring (bicyclic) bond motifs is 2. The first-order valence-corrected chi connectivity index (χ1v) is 9.73. The summed E-state index contributed by atoms with van der Waals surface area (Å²) >= 11 is 0. The number of piperazine rings is 1. The van der Waals surface area contributed by atoms with Gasteiger partial charge in [0.15, 0.2) is 11.5 Å². The van der Waals surface area contributed by atoms with Gasteiger partial charge in [0.25, 0.3) is 0 Å². The molecule has 148 valence electrons. The number of benzene rings is 2. The van der Waals surface area contributed by atoms with Crippen molar-refractivity contribution >= 4 is 22.6 Å². The minimum Gasteiger partial charge on any atom is -0.454 e. The van der Waals surface area contributed by atoms with Crippen LogP contribution in [0.2, 0.25) is 0 Å². The fraction of sp³-hybridized carbons (Fsp3) is 0.273. The van der Waals surface area contributed by atoms with E-state index < -0.39 is 5.91 Å². The van der Waals surface area contributed by atoms with Crippen molar-refractivity contribution < 1.29 is 14.3 Å². The van der Waals surface area contributed by atoms with Crippen molar-refractivity contribution in [1.82, 2.24) is 9.88 Å². The highest BCUT2D eigenvalue weighted by Gasteiger charge is 2.21.